The molecule has 2 amide bonds. The third-order valence-corrected chi connectivity index (χ3v) is 9.95. The van der Waals surface area contributed by atoms with Crippen molar-refractivity contribution in [3.05, 3.63) is 63.5 Å². The lowest BCUT2D eigenvalue weighted by atomic mass is 10.1. The molecule has 18 heteroatoms. The zero-order valence-electron chi connectivity index (χ0n) is 32.8. The number of fused-ring (bicyclic) bond motifs is 2. The lowest BCUT2D eigenvalue weighted by Crippen LogP contribution is -2.54. The maximum absolute atomic E-state index is 14.9. The summed E-state index contributed by atoms with van der Waals surface area (Å²) in [6.07, 6.45) is 0.771. The molecule has 0 radical (unpaired) electrons. The van der Waals surface area contributed by atoms with E-state index < -0.39 is 34.0 Å². The Bertz CT molecular complexity index is 2280. The maximum Gasteiger partial charge on any atom is 0.410 e. The molecule has 7 rings (SSSR count). The molecule has 0 bridgehead atoms. The van der Waals surface area contributed by atoms with Crippen LogP contribution in [0.15, 0.2) is 49.8 Å². The Balaban J connectivity index is 0.000000199. The summed E-state index contributed by atoms with van der Waals surface area (Å²) in [4.78, 5) is 44.5. The van der Waals surface area contributed by atoms with E-state index in [1.807, 2.05) is 39.5 Å². The first-order valence-electron chi connectivity index (χ1n) is 18.3. The van der Waals surface area contributed by atoms with E-state index in [0.29, 0.717) is 60.9 Å². The van der Waals surface area contributed by atoms with Crippen LogP contribution in [0.5, 0.6) is 0 Å². The fourth-order valence-corrected chi connectivity index (χ4v) is 7.12. The largest absolute Gasteiger partial charge is 0.444 e. The van der Waals surface area contributed by atoms with E-state index in [1.54, 1.807) is 53.7 Å². The van der Waals surface area contributed by atoms with Crippen LogP contribution in [0.4, 0.5) is 34.8 Å². The highest BCUT2D eigenvalue weighted by atomic mass is 79.9. The van der Waals surface area contributed by atoms with E-state index in [0.717, 1.165) is 0 Å². The predicted octanol–water partition coefficient (Wildman–Crippen LogP) is 9.44. The van der Waals surface area contributed by atoms with Crippen LogP contribution >= 0.6 is 27.5 Å². The quantitative estimate of drug-likeness (QED) is 0.161. The molecule has 5 aromatic rings. The zero-order valence-corrected chi connectivity index (χ0v) is 35.2. The van der Waals surface area contributed by atoms with Gasteiger partial charge in [-0.3, -0.25) is 4.98 Å². The van der Waals surface area contributed by atoms with Gasteiger partial charge in [0.2, 0.25) is 0 Å². The van der Waals surface area contributed by atoms with Gasteiger partial charge in [-0.2, -0.15) is 9.97 Å². The number of rotatable bonds is 3. The lowest BCUT2D eigenvalue weighted by Gasteiger charge is -2.39. The Morgan fingerprint density at radius 1 is 0.807 bits per heavy atom. The number of amides is 2. The summed E-state index contributed by atoms with van der Waals surface area (Å²) >= 11 is 9.21. The van der Waals surface area contributed by atoms with Gasteiger partial charge in [0.1, 0.15) is 33.1 Å². The van der Waals surface area contributed by atoms with Crippen LogP contribution in [0.3, 0.4) is 0 Å². The number of carbonyl (C=O) groups excluding carboxylic acids is 2. The van der Waals surface area contributed by atoms with E-state index in [1.165, 1.54) is 18.3 Å². The average molecular weight is 879 g/mol. The number of nitrogens with zero attached hydrogens (tertiary/aromatic N) is 7. The molecule has 0 N–H and O–H groups in total. The first kappa shape index (κ1) is 41.9. The van der Waals surface area contributed by atoms with Gasteiger partial charge in [0.25, 0.3) is 12.0 Å². The number of halogens is 5. The predicted molar refractivity (Wildman–Crippen MR) is 213 cm³/mol. The smallest absolute Gasteiger partial charge is 0.410 e. The van der Waals surface area contributed by atoms with Crippen molar-refractivity contribution in [1.82, 2.24) is 24.8 Å². The summed E-state index contributed by atoms with van der Waals surface area (Å²) in [6.45, 7) is 17.5. The molecule has 0 saturated carbocycles. The number of anilines is 2. The molecule has 13 nitrogen and oxygen atoms in total. The molecule has 2 saturated heterocycles. The van der Waals surface area contributed by atoms with Crippen LogP contribution < -0.4 is 9.80 Å². The summed E-state index contributed by atoms with van der Waals surface area (Å²) in [5.41, 5.74) is -0.182. The number of carbonyl (C=O) groups is 2. The van der Waals surface area contributed by atoms with Gasteiger partial charge in [0.05, 0.1) is 15.7 Å². The molecule has 2 aliphatic rings. The zero-order chi connectivity index (χ0) is 41.6. The number of piperazine rings is 2. The van der Waals surface area contributed by atoms with Gasteiger partial charge < -0.3 is 37.9 Å². The molecule has 2 aromatic carbocycles. The Kier molecular flexibility index (Phi) is 11.9. The van der Waals surface area contributed by atoms with Crippen LogP contribution in [0.1, 0.15) is 55.4 Å². The molecule has 2 fully saturated rings. The highest BCUT2D eigenvalue weighted by Crippen LogP contribution is 2.40. The third kappa shape index (κ3) is 9.35. The van der Waals surface area contributed by atoms with Crippen molar-refractivity contribution >= 4 is 73.9 Å². The summed E-state index contributed by atoms with van der Waals surface area (Å²) in [5, 5.41) is -0.666. The van der Waals surface area contributed by atoms with Gasteiger partial charge >= 0.3 is 12.2 Å². The van der Waals surface area contributed by atoms with E-state index >= 15 is 0 Å². The Labute approximate surface area is 341 Å². The second-order valence-electron chi connectivity index (χ2n) is 15.9. The SMILES string of the molecule is C[C@H]1CN(C(=O)OC(C)(C)C)CCN1c1nc2c(F)c(Cl)c(F)c(-c3ccccn3)c2o1.C[C@H]1CN(C(=O)OC(C)(C)C)CCN1c1nc2cc(F)cc(Br)c2o1. The third-order valence-electron chi connectivity index (χ3n) is 9.02. The van der Waals surface area contributed by atoms with E-state index in [-0.39, 0.29) is 52.4 Å². The Morgan fingerprint density at radius 2 is 1.35 bits per heavy atom. The summed E-state index contributed by atoms with van der Waals surface area (Å²) < 4.78 is 66.2. The van der Waals surface area contributed by atoms with Crippen molar-refractivity contribution in [2.45, 2.75) is 78.7 Å². The molecular formula is C39H44BrClF3N7O6. The lowest BCUT2D eigenvalue weighted by molar-refractivity contribution is 0.0207. The molecule has 2 aliphatic heterocycles. The molecule has 0 unspecified atom stereocenters. The maximum atomic E-state index is 14.9. The second-order valence-corrected chi connectivity index (χ2v) is 17.1. The van der Waals surface area contributed by atoms with Crippen LogP contribution in [0, 0.1) is 17.5 Å². The molecule has 0 aliphatic carbocycles. The minimum atomic E-state index is -0.992. The number of ether oxygens (including phenoxy) is 2. The Morgan fingerprint density at radius 3 is 1.86 bits per heavy atom. The standard InChI is InChI=1S/C22H23ClF2N4O3.C17H21BrFN3O3/c1-12-11-28(21(30)32-22(2,3)4)9-10-29(12)20-27-18-17(25)15(23)16(24)14(19(18)31-20)13-7-5-6-8-26-13;1-10-9-21(16(23)25-17(2,3)4)5-6-22(10)15-20-13-8-11(19)7-12(18)14(13)24-15/h5-8,12H,9-11H2,1-4H3;7-8,10H,5-6,9H2,1-4H3/t12-;10-/m00/s1. The van der Waals surface area contributed by atoms with Gasteiger partial charge in [0.15, 0.2) is 22.8 Å². The highest BCUT2D eigenvalue weighted by molar-refractivity contribution is 9.10. The normalized spacial score (nSPS) is 17.8. The minimum absolute atomic E-state index is 0.00190. The average Bonchev–Trinajstić information content (AvgIpc) is 3.75. The van der Waals surface area contributed by atoms with Gasteiger partial charge in [-0.1, -0.05) is 17.7 Å². The van der Waals surface area contributed by atoms with E-state index in [9.17, 15) is 22.8 Å². The van der Waals surface area contributed by atoms with Crippen LogP contribution in [-0.4, -0.2) is 99.5 Å². The molecule has 2 atom stereocenters. The van der Waals surface area contributed by atoms with Crippen LogP contribution in [-0.2, 0) is 9.47 Å². The summed E-state index contributed by atoms with van der Waals surface area (Å²) in [6, 6.07) is 7.98. The van der Waals surface area contributed by atoms with Gasteiger partial charge in [0, 0.05) is 63.6 Å². The fourth-order valence-electron chi connectivity index (χ4n) is 6.44. The molecular weight excluding hydrogens is 835 g/mol. The summed E-state index contributed by atoms with van der Waals surface area (Å²) in [5.74, 6) is -2.32. The number of oxazole rings is 2. The van der Waals surface area contributed by atoms with Crippen molar-refractivity contribution in [3.63, 3.8) is 0 Å². The number of hydrogen-bond acceptors (Lipinski definition) is 11. The monoisotopic (exact) mass is 877 g/mol. The number of aromatic nitrogens is 3. The first-order chi connectivity index (χ1) is 26.7. The summed E-state index contributed by atoms with van der Waals surface area (Å²) in [7, 11) is 0. The van der Waals surface area contributed by atoms with Gasteiger partial charge in [-0.15, -0.1) is 0 Å². The Hall–Kier alpha value is -4.77. The van der Waals surface area contributed by atoms with E-state index in [4.69, 9.17) is 29.9 Å². The number of benzene rings is 2. The second kappa shape index (κ2) is 16.2. The molecule has 57 heavy (non-hydrogen) atoms. The van der Waals surface area contributed by atoms with Crippen LogP contribution in [0.25, 0.3) is 33.5 Å². The molecule has 306 valence electrons. The first-order valence-corrected chi connectivity index (χ1v) is 19.5. The van der Waals surface area contributed by atoms with Crippen molar-refractivity contribution in [1.29, 1.82) is 0 Å². The van der Waals surface area contributed by atoms with Gasteiger partial charge in [-0.05, 0) is 89.5 Å². The number of pyridine rings is 1. The highest BCUT2D eigenvalue weighted by Gasteiger charge is 2.35. The molecule has 0 spiro atoms. The van der Waals surface area contributed by atoms with Crippen molar-refractivity contribution in [2.75, 3.05) is 49.1 Å². The molecule has 3 aromatic heterocycles. The fraction of sp³-hybridized carbons (Fsp3) is 0.462. The minimum Gasteiger partial charge on any atom is -0.444 e. The van der Waals surface area contributed by atoms with Crippen molar-refractivity contribution in [3.8, 4) is 11.3 Å². The van der Waals surface area contributed by atoms with Crippen LogP contribution in [0.2, 0.25) is 5.02 Å². The topological polar surface area (TPSA) is 131 Å². The molecule has 5 heterocycles. The van der Waals surface area contributed by atoms with Gasteiger partial charge in [-0.25, -0.2) is 22.8 Å². The van der Waals surface area contributed by atoms with E-state index in [2.05, 4.69) is 30.9 Å². The number of hydrogen-bond donors (Lipinski definition) is 0. The van der Waals surface area contributed by atoms with Crippen molar-refractivity contribution in [2.24, 2.45) is 0 Å². The van der Waals surface area contributed by atoms with Crippen molar-refractivity contribution < 1.29 is 41.1 Å².